The van der Waals surface area contributed by atoms with E-state index < -0.39 is 0 Å². The minimum Gasteiger partial charge on any atom is -0.387 e. The Morgan fingerprint density at radius 1 is 1.15 bits per heavy atom. The largest absolute Gasteiger partial charge is 0.387 e. The zero-order chi connectivity index (χ0) is 14.7. The van der Waals surface area contributed by atoms with Crippen molar-refractivity contribution in [2.75, 3.05) is 17.7 Å². The molecule has 0 heterocycles. The van der Waals surface area contributed by atoms with Gasteiger partial charge < -0.3 is 10.6 Å². The first-order chi connectivity index (χ1) is 9.51. The summed E-state index contributed by atoms with van der Waals surface area (Å²) in [6.07, 6.45) is 0. The number of carbonyl (C=O) groups is 1. The maximum absolute atomic E-state index is 12.4. The molecule has 0 spiro atoms. The molecule has 3 nitrogen and oxygen atoms in total. The van der Waals surface area contributed by atoms with Crippen LogP contribution >= 0.6 is 27.5 Å². The van der Waals surface area contributed by atoms with E-state index in [0.29, 0.717) is 16.3 Å². The van der Waals surface area contributed by atoms with E-state index in [4.69, 9.17) is 11.6 Å². The van der Waals surface area contributed by atoms with Crippen LogP contribution in [0.5, 0.6) is 0 Å². The highest BCUT2D eigenvalue weighted by Crippen LogP contribution is 2.27. The van der Waals surface area contributed by atoms with Crippen molar-refractivity contribution in [2.45, 2.75) is 6.92 Å². The molecule has 2 rings (SSSR count). The lowest BCUT2D eigenvalue weighted by Crippen LogP contribution is -2.14. The highest BCUT2D eigenvalue weighted by molar-refractivity contribution is 9.10. The number of carbonyl (C=O) groups excluding carboxylic acids is 1. The molecule has 0 atom stereocenters. The molecule has 0 aromatic heterocycles. The first kappa shape index (κ1) is 14.9. The van der Waals surface area contributed by atoms with Crippen molar-refractivity contribution in [1.29, 1.82) is 0 Å². The zero-order valence-corrected chi connectivity index (χ0v) is 13.5. The molecular weight excluding hydrogens is 340 g/mol. The van der Waals surface area contributed by atoms with Crippen molar-refractivity contribution in [3.8, 4) is 0 Å². The van der Waals surface area contributed by atoms with Gasteiger partial charge in [-0.05, 0) is 37.3 Å². The number of benzene rings is 2. The predicted octanol–water partition coefficient (Wildman–Crippen LogP) is 4.70. The Labute approximate surface area is 131 Å². The fourth-order valence-electron chi connectivity index (χ4n) is 1.85. The number of hydrogen-bond donors (Lipinski definition) is 2. The summed E-state index contributed by atoms with van der Waals surface area (Å²) in [5, 5.41) is 6.34. The second-order valence-corrected chi connectivity index (χ2v) is 5.70. The summed E-state index contributed by atoms with van der Waals surface area (Å²) in [4.78, 5) is 12.4. The standard InChI is InChI=1S/C15H14BrClN2O/c1-9-3-6-13(18-2)11(7-9)15(20)19-14-8-10(16)4-5-12(14)17/h3-8,18H,1-2H3,(H,19,20). The molecule has 104 valence electrons. The summed E-state index contributed by atoms with van der Waals surface area (Å²) in [5.41, 5.74) is 2.96. The van der Waals surface area contributed by atoms with E-state index in [9.17, 15) is 4.79 Å². The Kier molecular flexibility index (Phi) is 4.68. The number of aryl methyl sites for hydroxylation is 1. The third-order valence-corrected chi connectivity index (χ3v) is 3.69. The van der Waals surface area contributed by atoms with Crippen molar-refractivity contribution < 1.29 is 4.79 Å². The van der Waals surface area contributed by atoms with Gasteiger partial charge in [-0.3, -0.25) is 4.79 Å². The van der Waals surface area contributed by atoms with Gasteiger partial charge in [-0.2, -0.15) is 0 Å². The van der Waals surface area contributed by atoms with Gasteiger partial charge in [-0.1, -0.05) is 39.2 Å². The molecule has 0 aliphatic rings. The molecule has 2 aromatic rings. The summed E-state index contributed by atoms with van der Waals surface area (Å²) in [6.45, 7) is 1.95. The van der Waals surface area contributed by atoms with Gasteiger partial charge in [0, 0.05) is 17.2 Å². The van der Waals surface area contributed by atoms with E-state index in [1.165, 1.54) is 0 Å². The Hall–Kier alpha value is -1.52. The predicted molar refractivity (Wildman–Crippen MR) is 87.8 cm³/mol. The van der Waals surface area contributed by atoms with Crippen LogP contribution in [0, 0.1) is 6.92 Å². The third-order valence-electron chi connectivity index (χ3n) is 2.87. The van der Waals surface area contributed by atoms with E-state index in [-0.39, 0.29) is 5.91 Å². The highest BCUT2D eigenvalue weighted by Gasteiger charge is 2.13. The molecule has 0 radical (unpaired) electrons. The fraction of sp³-hybridized carbons (Fsp3) is 0.133. The number of halogens is 2. The minimum atomic E-state index is -0.196. The third kappa shape index (κ3) is 3.32. The van der Waals surface area contributed by atoms with Gasteiger partial charge in [0.15, 0.2) is 0 Å². The summed E-state index contributed by atoms with van der Waals surface area (Å²) in [5.74, 6) is -0.196. The normalized spacial score (nSPS) is 10.2. The van der Waals surface area contributed by atoms with Gasteiger partial charge in [0.1, 0.15) is 0 Å². The second kappa shape index (κ2) is 6.29. The molecular formula is C15H14BrClN2O. The number of rotatable bonds is 3. The van der Waals surface area contributed by atoms with Crippen LogP contribution in [0.3, 0.4) is 0 Å². The van der Waals surface area contributed by atoms with Gasteiger partial charge >= 0.3 is 0 Å². The molecule has 0 fully saturated rings. The van der Waals surface area contributed by atoms with Gasteiger partial charge in [0.25, 0.3) is 5.91 Å². The summed E-state index contributed by atoms with van der Waals surface area (Å²) < 4.78 is 0.857. The fourth-order valence-corrected chi connectivity index (χ4v) is 2.37. The maximum atomic E-state index is 12.4. The number of nitrogens with one attached hydrogen (secondary N) is 2. The van der Waals surface area contributed by atoms with E-state index in [2.05, 4.69) is 26.6 Å². The van der Waals surface area contributed by atoms with E-state index in [1.807, 2.05) is 31.2 Å². The monoisotopic (exact) mass is 352 g/mol. The van der Waals surface area contributed by atoms with E-state index >= 15 is 0 Å². The van der Waals surface area contributed by atoms with E-state index in [0.717, 1.165) is 15.7 Å². The average Bonchev–Trinajstić information content (AvgIpc) is 2.42. The van der Waals surface area contributed by atoms with Crippen LogP contribution in [-0.2, 0) is 0 Å². The smallest absolute Gasteiger partial charge is 0.257 e. The van der Waals surface area contributed by atoms with Crippen molar-refractivity contribution in [3.63, 3.8) is 0 Å². The molecule has 0 aliphatic carbocycles. The lowest BCUT2D eigenvalue weighted by Gasteiger charge is -2.12. The topological polar surface area (TPSA) is 41.1 Å². The zero-order valence-electron chi connectivity index (χ0n) is 11.1. The van der Waals surface area contributed by atoms with Crippen LogP contribution in [0.15, 0.2) is 40.9 Å². The van der Waals surface area contributed by atoms with Gasteiger partial charge in [0.05, 0.1) is 16.3 Å². The molecule has 2 aromatic carbocycles. The Balaban J connectivity index is 2.32. The van der Waals surface area contributed by atoms with Gasteiger partial charge in [-0.15, -0.1) is 0 Å². The molecule has 0 aliphatic heterocycles. The van der Waals surface area contributed by atoms with Gasteiger partial charge in [0.2, 0.25) is 0 Å². The van der Waals surface area contributed by atoms with Crippen LogP contribution in [0.4, 0.5) is 11.4 Å². The summed E-state index contributed by atoms with van der Waals surface area (Å²) >= 11 is 9.44. The molecule has 20 heavy (non-hydrogen) atoms. The molecule has 1 amide bonds. The number of hydrogen-bond acceptors (Lipinski definition) is 2. The first-order valence-electron chi connectivity index (χ1n) is 6.06. The number of anilines is 2. The lowest BCUT2D eigenvalue weighted by molar-refractivity contribution is 0.102. The lowest BCUT2D eigenvalue weighted by atomic mass is 10.1. The highest BCUT2D eigenvalue weighted by atomic mass is 79.9. The minimum absolute atomic E-state index is 0.196. The van der Waals surface area contributed by atoms with Crippen molar-refractivity contribution in [1.82, 2.24) is 0 Å². The van der Waals surface area contributed by atoms with Gasteiger partial charge in [-0.25, -0.2) is 0 Å². The SMILES string of the molecule is CNc1ccc(C)cc1C(=O)Nc1cc(Br)ccc1Cl. The molecule has 5 heteroatoms. The molecule has 0 saturated heterocycles. The van der Waals surface area contributed by atoms with Crippen molar-refractivity contribution in [3.05, 3.63) is 57.0 Å². The van der Waals surface area contributed by atoms with Crippen LogP contribution in [0.1, 0.15) is 15.9 Å². The van der Waals surface area contributed by atoms with Crippen LogP contribution in [-0.4, -0.2) is 13.0 Å². The average molecular weight is 354 g/mol. The van der Waals surface area contributed by atoms with Crippen molar-refractivity contribution in [2.24, 2.45) is 0 Å². The maximum Gasteiger partial charge on any atom is 0.257 e. The molecule has 0 bridgehead atoms. The second-order valence-electron chi connectivity index (χ2n) is 4.38. The first-order valence-corrected chi connectivity index (χ1v) is 7.23. The van der Waals surface area contributed by atoms with Crippen LogP contribution < -0.4 is 10.6 Å². The van der Waals surface area contributed by atoms with Crippen LogP contribution in [0.2, 0.25) is 5.02 Å². The summed E-state index contributed by atoms with van der Waals surface area (Å²) in [7, 11) is 1.79. The Morgan fingerprint density at radius 2 is 1.90 bits per heavy atom. The van der Waals surface area contributed by atoms with E-state index in [1.54, 1.807) is 19.2 Å². The van der Waals surface area contributed by atoms with Crippen LogP contribution in [0.25, 0.3) is 0 Å². The molecule has 0 saturated carbocycles. The molecule has 0 unspecified atom stereocenters. The van der Waals surface area contributed by atoms with Crippen molar-refractivity contribution >= 4 is 44.8 Å². The Morgan fingerprint density at radius 3 is 2.60 bits per heavy atom. The quantitative estimate of drug-likeness (QED) is 0.839. The number of amides is 1. The summed E-state index contributed by atoms with van der Waals surface area (Å²) in [6, 6.07) is 11.0. The Bertz CT molecular complexity index is 658. The molecule has 2 N–H and O–H groups in total.